The van der Waals surface area contributed by atoms with Gasteiger partial charge in [-0.05, 0) is 25.5 Å². The SMILES string of the molecule is CCC(CN)S(=O)(=O)N(CC)c1cccc(O)c1. The van der Waals surface area contributed by atoms with Crippen molar-refractivity contribution in [1.82, 2.24) is 0 Å². The van der Waals surface area contributed by atoms with E-state index in [1.165, 1.54) is 16.4 Å². The van der Waals surface area contributed by atoms with E-state index < -0.39 is 15.3 Å². The fourth-order valence-corrected chi connectivity index (χ4v) is 3.63. The minimum Gasteiger partial charge on any atom is -0.508 e. The highest BCUT2D eigenvalue weighted by atomic mass is 32.2. The van der Waals surface area contributed by atoms with Crippen LogP contribution in [-0.4, -0.2) is 31.9 Å². The number of aromatic hydroxyl groups is 1. The van der Waals surface area contributed by atoms with Gasteiger partial charge in [-0.2, -0.15) is 0 Å². The molecule has 1 atom stereocenters. The fraction of sp³-hybridized carbons (Fsp3) is 0.500. The maximum atomic E-state index is 12.4. The molecule has 0 saturated heterocycles. The lowest BCUT2D eigenvalue weighted by Crippen LogP contribution is -2.42. The first-order chi connectivity index (χ1) is 8.47. The third kappa shape index (κ3) is 2.94. The van der Waals surface area contributed by atoms with Crippen LogP contribution in [0.15, 0.2) is 24.3 Å². The molecular formula is C12H20N2O3S. The van der Waals surface area contributed by atoms with E-state index in [0.29, 0.717) is 18.7 Å². The van der Waals surface area contributed by atoms with Gasteiger partial charge < -0.3 is 10.8 Å². The molecule has 18 heavy (non-hydrogen) atoms. The lowest BCUT2D eigenvalue weighted by Gasteiger charge is -2.27. The second-order valence-electron chi connectivity index (χ2n) is 4.00. The third-order valence-electron chi connectivity index (χ3n) is 2.85. The van der Waals surface area contributed by atoms with E-state index >= 15 is 0 Å². The molecule has 0 bridgehead atoms. The molecule has 1 aromatic rings. The smallest absolute Gasteiger partial charge is 0.239 e. The Morgan fingerprint density at radius 3 is 2.50 bits per heavy atom. The second-order valence-corrected chi connectivity index (χ2v) is 6.13. The Morgan fingerprint density at radius 1 is 1.39 bits per heavy atom. The first-order valence-electron chi connectivity index (χ1n) is 5.98. The summed E-state index contributed by atoms with van der Waals surface area (Å²) < 4.78 is 26.1. The van der Waals surface area contributed by atoms with Gasteiger partial charge in [0, 0.05) is 19.2 Å². The van der Waals surface area contributed by atoms with E-state index in [2.05, 4.69) is 0 Å². The van der Waals surface area contributed by atoms with Gasteiger partial charge in [-0.3, -0.25) is 4.31 Å². The molecule has 0 aromatic heterocycles. The van der Waals surface area contributed by atoms with Crippen LogP contribution in [0.25, 0.3) is 0 Å². The molecule has 0 spiro atoms. The molecule has 102 valence electrons. The molecule has 0 aliphatic rings. The van der Waals surface area contributed by atoms with Crippen molar-refractivity contribution in [3.8, 4) is 5.75 Å². The number of sulfonamides is 1. The van der Waals surface area contributed by atoms with Crippen LogP contribution in [0.4, 0.5) is 5.69 Å². The molecule has 0 aliphatic heterocycles. The van der Waals surface area contributed by atoms with Crippen molar-refractivity contribution in [2.45, 2.75) is 25.5 Å². The highest BCUT2D eigenvalue weighted by molar-refractivity contribution is 7.93. The number of nitrogens with zero attached hydrogens (tertiary/aromatic N) is 1. The van der Waals surface area contributed by atoms with Crippen molar-refractivity contribution in [3.05, 3.63) is 24.3 Å². The summed E-state index contributed by atoms with van der Waals surface area (Å²) in [5.74, 6) is 0.0435. The summed E-state index contributed by atoms with van der Waals surface area (Å²) in [5, 5.41) is 8.83. The predicted octanol–water partition coefficient (Wildman–Crippen LogP) is 1.29. The molecule has 0 radical (unpaired) electrons. The van der Waals surface area contributed by atoms with Crippen LogP contribution in [0.2, 0.25) is 0 Å². The van der Waals surface area contributed by atoms with Crippen LogP contribution in [0.3, 0.4) is 0 Å². The summed E-state index contributed by atoms with van der Waals surface area (Å²) in [7, 11) is -3.49. The fourth-order valence-electron chi connectivity index (χ4n) is 1.84. The maximum absolute atomic E-state index is 12.4. The van der Waals surface area contributed by atoms with Crippen LogP contribution in [-0.2, 0) is 10.0 Å². The number of anilines is 1. The molecular weight excluding hydrogens is 252 g/mol. The van der Waals surface area contributed by atoms with Gasteiger partial charge in [0.05, 0.1) is 10.9 Å². The van der Waals surface area contributed by atoms with Crippen molar-refractivity contribution in [2.24, 2.45) is 5.73 Å². The molecule has 1 rings (SSSR count). The second kappa shape index (κ2) is 6.06. The summed E-state index contributed by atoms with van der Waals surface area (Å²) >= 11 is 0. The van der Waals surface area contributed by atoms with E-state index in [1.54, 1.807) is 26.0 Å². The normalized spacial score (nSPS) is 13.3. The molecule has 1 aromatic carbocycles. The molecule has 0 heterocycles. The van der Waals surface area contributed by atoms with Crippen molar-refractivity contribution < 1.29 is 13.5 Å². The summed E-state index contributed by atoms with van der Waals surface area (Å²) in [6.45, 7) is 3.95. The standard InChI is InChI=1S/C12H20N2O3S/c1-3-12(9-13)18(16,17)14(4-2)10-6-5-7-11(15)8-10/h5-8,12,15H,3-4,9,13H2,1-2H3. The highest BCUT2D eigenvalue weighted by Gasteiger charge is 2.29. The van der Waals surface area contributed by atoms with E-state index in [0.717, 1.165) is 0 Å². The molecule has 0 fully saturated rings. The number of benzene rings is 1. The summed E-state index contributed by atoms with van der Waals surface area (Å²) in [4.78, 5) is 0. The van der Waals surface area contributed by atoms with Gasteiger partial charge in [0.2, 0.25) is 10.0 Å². The van der Waals surface area contributed by atoms with Gasteiger partial charge in [-0.15, -0.1) is 0 Å². The van der Waals surface area contributed by atoms with Gasteiger partial charge in [0.1, 0.15) is 5.75 Å². The van der Waals surface area contributed by atoms with Gasteiger partial charge in [0.25, 0.3) is 0 Å². The number of nitrogens with two attached hydrogens (primary N) is 1. The van der Waals surface area contributed by atoms with Crippen LogP contribution >= 0.6 is 0 Å². The number of phenolic OH excluding ortho intramolecular Hbond substituents is 1. The largest absolute Gasteiger partial charge is 0.508 e. The minimum absolute atomic E-state index is 0.0435. The summed E-state index contributed by atoms with van der Waals surface area (Å²) in [6, 6.07) is 6.21. The molecule has 0 amide bonds. The molecule has 1 unspecified atom stereocenters. The van der Waals surface area contributed by atoms with E-state index in [9.17, 15) is 13.5 Å². The van der Waals surface area contributed by atoms with Crippen molar-refractivity contribution in [2.75, 3.05) is 17.4 Å². The van der Waals surface area contributed by atoms with Gasteiger partial charge in [0.15, 0.2) is 0 Å². The Hall–Kier alpha value is -1.27. The van der Waals surface area contributed by atoms with E-state index in [1.807, 2.05) is 0 Å². The maximum Gasteiger partial charge on any atom is 0.239 e. The lowest BCUT2D eigenvalue weighted by atomic mass is 10.3. The Bertz CT molecular complexity index is 484. The lowest BCUT2D eigenvalue weighted by molar-refractivity contribution is 0.475. The zero-order chi connectivity index (χ0) is 13.8. The van der Waals surface area contributed by atoms with Gasteiger partial charge in [-0.25, -0.2) is 8.42 Å². The molecule has 0 aliphatic carbocycles. The average Bonchev–Trinajstić information content (AvgIpc) is 2.30. The molecule has 6 heteroatoms. The van der Waals surface area contributed by atoms with E-state index in [4.69, 9.17) is 5.73 Å². The van der Waals surface area contributed by atoms with Crippen LogP contribution in [0.1, 0.15) is 20.3 Å². The minimum atomic E-state index is -3.49. The third-order valence-corrected chi connectivity index (χ3v) is 5.30. The quantitative estimate of drug-likeness (QED) is 0.817. The number of hydrogen-bond acceptors (Lipinski definition) is 4. The first kappa shape index (κ1) is 14.8. The Labute approximate surface area is 108 Å². The van der Waals surface area contributed by atoms with Crippen molar-refractivity contribution in [3.63, 3.8) is 0 Å². The molecule has 5 nitrogen and oxygen atoms in total. The first-order valence-corrected chi connectivity index (χ1v) is 7.48. The van der Waals surface area contributed by atoms with E-state index in [-0.39, 0.29) is 12.3 Å². The average molecular weight is 272 g/mol. The van der Waals surface area contributed by atoms with Gasteiger partial charge in [-0.1, -0.05) is 13.0 Å². The van der Waals surface area contributed by atoms with Crippen molar-refractivity contribution in [1.29, 1.82) is 0 Å². The van der Waals surface area contributed by atoms with Gasteiger partial charge >= 0.3 is 0 Å². The number of rotatable bonds is 6. The Balaban J connectivity index is 3.18. The Morgan fingerprint density at radius 2 is 2.06 bits per heavy atom. The predicted molar refractivity (Wildman–Crippen MR) is 73.2 cm³/mol. The molecule has 0 saturated carbocycles. The van der Waals surface area contributed by atoms with Crippen LogP contribution < -0.4 is 10.0 Å². The van der Waals surface area contributed by atoms with Crippen LogP contribution in [0, 0.1) is 0 Å². The zero-order valence-corrected chi connectivity index (χ0v) is 11.5. The number of phenols is 1. The Kier molecular flexibility index (Phi) is 4.98. The molecule has 3 N–H and O–H groups in total. The summed E-state index contributed by atoms with van der Waals surface area (Å²) in [6.07, 6.45) is 0.466. The zero-order valence-electron chi connectivity index (χ0n) is 10.7. The number of hydrogen-bond donors (Lipinski definition) is 2. The van der Waals surface area contributed by atoms with Crippen molar-refractivity contribution >= 4 is 15.7 Å². The monoisotopic (exact) mass is 272 g/mol. The highest BCUT2D eigenvalue weighted by Crippen LogP contribution is 2.24. The summed E-state index contributed by atoms with van der Waals surface area (Å²) in [5.41, 5.74) is 5.98. The topological polar surface area (TPSA) is 83.6 Å². The van der Waals surface area contributed by atoms with Crippen LogP contribution in [0.5, 0.6) is 5.75 Å².